The van der Waals surface area contributed by atoms with Crippen molar-refractivity contribution >= 4 is 28.6 Å². The van der Waals surface area contributed by atoms with Gasteiger partial charge in [0.25, 0.3) is 0 Å². The lowest BCUT2D eigenvalue weighted by Crippen LogP contribution is -2.18. The van der Waals surface area contributed by atoms with Crippen LogP contribution < -0.4 is 0 Å². The van der Waals surface area contributed by atoms with Gasteiger partial charge in [-0.15, -0.1) is 0 Å². The molecule has 0 saturated heterocycles. The molecule has 0 aliphatic carbocycles. The molecule has 0 saturated carbocycles. The molecule has 1 aromatic carbocycles. The summed E-state index contributed by atoms with van der Waals surface area (Å²) in [5.74, 6) is -0.836. The van der Waals surface area contributed by atoms with Crippen LogP contribution in [0.5, 0.6) is 0 Å². The summed E-state index contributed by atoms with van der Waals surface area (Å²) in [6, 6.07) is 7.39. The van der Waals surface area contributed by atoms with Crippen LogP contribution in [0.25, 0.3) is 0 Å². The largest absolute Gasteiger partial charge is 0.466 e. The maximum atomic E-state index is 11.4. The van der Waals surface area contributed by atoms with Crippen molar-refractivity contribution < 1.29 is 14.5 Å². The fourth-order valence-electron chi connectivity index (χ4n) is 1.65. The van der Waals surface area contributed by atoms with Crippen LogP contribution in [0.2, 0.25) is 0 Å². The van der Waals surface area contributed by atoms with Gasteiger partial charge in [0.2, 0.25) is 6.54 Å². The Morgan fingerprint density at radius 1 is 1.56 bits per heavy atom. The van der Waals surface area contributed by atoms with E-state index in [1.807, 2.05) is 18.2 Å². The first-order chi connectivity index (χ1) is 8.52. The molecule has 5 nitrogen and oxygen atoms in total. The fraction of sp³-hybridized carbons (Fsp3) is 0.417. The number of hydrogen-bond acceptors (Lipinski definition) is 4. The topological polar surface area (TPSA) is 69.4 Å². The molecule has 0 N–H and O–H groups in total. The summed E-state index contributed by atoms with van der Waals surface area (Å²) >= 11 is 2.14. The highest BCUT2D eigenvalue weighted by molar-refractivity contribution is 14.1. The minimum Gasteiger partial charge on any atom is -0.466 e. The first-order valence-electron chi connectivity index (χ1n) is 5.55. The molecule has 1 aromatic rings. The van der Waals surface area contributed by atoms with Gasteiger partial charge in [-0.2, -0.15) is 0 Å². The van der Waals surface area contributed by atoms with E-state index >= 15 is 0 Å². The van der Waals surface area contributed by atoms with Crippen molar-refractivity contribution in [2.75, 3.05) is 13.2 Å². The van der Waals surface area contributed by atoms with Crippen LogP contribution in [-0.2, 0) is 9.53 Å². The molecule has 1 atom stereocenters. The van der Waals surface area contributed by atoms with Gasteiger partial charge < -0.3 is 4.74 Å². The number of rotatable bonds is 6. The van der Waals surface area contributed by atoms with Gasteiger partial charge in [-0.3, -0.25) is 14.9 Å². The van der Waals surface area contributed by atoms with Crippen LogP contribution in [0, 0.1) is 13.7 Å². The number of carbonyl (C=O) groups is 1. The van der Waals surface area contributed by atoms with E-state index in [0.29, 0.717) is 0 Å². The van der Waals surface area contributed by atoms with Crippen molar-refractivity contribution in [1.82, 2.24) is 0 Å². The molecule has 0 bridgehead atoms. The van der Waals surface area contributed by atoms with Gasteiger partial charge in [0.05, 0.1) is 18.9 Å². The van der Waals surface area contributed by atoms with Gasteiger partial charge in [-0.1, -0.05) is 12.1 Å². The summed E-state index contributed by atoms with van der Waals surface area (Å²) in [7, 11) is 0. The maximum absolute atomic E-state index is 11.4. The molecule has 6 heteroatoms. The van der Waals surface area contributed by atoms with E-state index in [4.69, 9.17) is 4.74 Å². The van der Waals surface area contributed by atoms with Crippen molar-refractivity contribution in [2.24, 2.45) is 0 Å². The number of halogens is 1. The minimum absolute atomic E-state index is 0.0366. The van der Waals surface area contributed by atoms with Gasteiger partial charge in [0.1, 0.15) is 0 Å². The normalized spacial score (nSPS) is 11.9. The zero-order valence-corrected chi connectivity index (χ0v) is 12.1. The average Bonchev–Trinajstić information content (AvgIpc) is 2.28. The molecule has 1 rings (SSSR count). The minimum atomic E-state index is -0.436. The Morgan fingerprint density at radius 2 is 2.28 bits per heavy atom. The first-order valence-corrected chi connectivity index (χ1v) is 6.63. The number of nitro groups is 1. The Hall–Kier alpha value is -1.18. The van der Waals surface area contributed by atoms with Crippen LogP contribution in [0.3, 0.4) is 0 Å². The van der Waals surface area contributed by atoms with Crippen molar-refractivity contribution in [1.29, 1.82) is 0 Å². The van der Waals surface area contributed by atoms with Crippen molar-refractivity contribution in [2.45, 2.75) is 19.3 Å². The molecule has 0 amide bonds. The molecule has 1 unspecified atom stereocenters. The molecular weight excluding hydrogens is 349 g/mol. The standard InChI is InChI=1S/C12H14INO4/c1-2-18-12(15)7-10(8-14(16)17)9-4-3-5-11(13)6-9/h3-6,10H,2,7-8H2,1H3. The van der Waals surface area contributed by atoms with Gasteiger partial charge in [0.15, 0.2) is 0 Å². The number of esters is 1. The van der Waals surface area contributed by atoms with Crippen molar-refractivity contribution in [3.8, 4) is 0 Å². The van der Waals surface area contributed by atoms with Crippen molar-refractivity contribution in [3.05, 3.63) is 43.5 Å². The van der Waals surface area contributed by atoms with Gasteiger partial charge in [-0.25, -0.2) is 0 Å². The highest BCUT2D eigenvalue weighted by Crippen LogP contribution is 2.22. The molecule has 0 aliphatic rings. The first kappa shape index (κ1) is 14.9. The lowest BCUT2D eigenvalue weighted by atomic mass is 9.96. The molecule has 98 valence electrons. The third-order valence-electron chi connectivity index (χ3n) is 2.41. The zero-order chi connectivity index (χ0) is 13.5. The predicted molar refractivity (Wildman–Crippen MR) is 75.0 cm³/mol. The monoisotopic (exact) mass is 363 g/mol. The van der Waals surface area contributed by atoms with Crippen LogP contribution in [0.15, 0.2) is 24.3 Å². The Kier molecular flexibility index (Phi) is 6.03. The summed E-state index contributed by atoms with van der Waals surface area (Å²) < 4.78 is 5.83. The fourth-order valence-corrected chi connectivity index (χ4v) is 2.22. The van der Waals surface area contributed by atoms with Crippen LogP contribution in [0.4, 0.5) is 0 Å². The lowest BCUT2D eigenvalue weighted by Gasteiger charge is -2.12. The molecule has 0 heterocycles. The second-order valence-electron chi connectivity index (χ2n) is 3.78. The number of carbonyl (C=O) groups excluding carboxylic acids is 1. The van der Waals surface area contributed by atoms with Crippen LogP contribution >= 0.6 is 22.6 Å². The summed E-state index contributed by atoms with van der Waals surface area (Å²) in [6.45, 7) is 1.74. The smallest absolute Gasteiger partial charge is 0.306 e. The Morgan fingerprint density at radius 3 is 2.83 bits per heavy atom. The van der Waals surface area contributed by atoms with E-state index in [1.165, 1.54) is 0 Å². The highest BCUT2D eigenvalue weighted by Gasteiger charge is 2.22. The van der Waals surface area contributed by atoms with Crippen LogP contribution in [0.1, 0.15) is 24.8 Å². The van der Waals surface area contributed by atoms with E-state index in [-0.39, 0.29) is 19.6 Å². The predicted octanol–water partition coefficient (Wildman–Crippen LogP) is 2.60. The third-order valence-corrected chi connectivity index (χ3v) is 3.08. The van der Waals surface area contributed by atoms with Gasteiger partial charge >= 0.3 is 5.97 Å². The SMILES string of the molecule is CCOC(=O)CC(C[N+](=O)[O-])c1cccc(I)c1. The van der Waals surface area contributed by atoms with Gasteiger partial charge in [-0.05, 0) is 47.2 Å². The molecule has 0 radical (unpaired) electrons. The van der Waals surface area contributed by atoms with Gasteiger partial charge in [0, 0.05) is 8.49 Å². The van der Waals surface area contributed by atoms with E-state index < -0.39 is 16.8 Å². The molecule has 18 heavy (non-hydrogen) atoms. The molecular formula is C12H14INO4. The second-order valence-corrected chi connectivity index (χ2v) is 5.02. The second kappa shape index (κ2) is 7.30. The quantitative estimate of drug-likeness (QED) is 0.337. The number of ether oxygens (including phenoxy) is 1. The Balaban J connectivity index is 2.84. The number of hydrogen-bond donors (Lipinski definition) is 0. The summed E-state index contributed by atoms with van der Waals surface area (Å²) in [6.07, 6.45) is 0.0366. The average molecular weight is 363 g/mol. The molecule has 0 fully saturated rings. The van der Waals surface area contributed by atoms with Crippen molar-refractivity contribution in [3.63, 3.8) is 0 Å². The molecule has 0 aliphatic heterocycles. The Bertz CT molecular complexity index is 436. The maximum Gasteiger partial charge on any atom is 0.306 e. The lowest BCUT2D eigenvalue weighted by molar-refractivity contribution is -0.483. The van der Waals surface area contributed by atoms with E-state index in [2.05, 4.69) is 22.6 Å². The summed E-state index contributed by atoms with van der Waals surface area (Å²) in [4.78, 5) is 21.7. The van der Waals surface area contributed by atoms with E-state index in [1.54, 1.807) is 13.0 Å². The summed E-state index contributed by atoms with van der Waals surface area (Å²) in [5.41, 5.74) is 0.798. The highest BCUT2D eigenvalue weighted by atomic mass is 127. The third kappa shape index (κ3) is 4.99. The Labute approximate surface area is 119 Å². The zero-order valence-electron chi connectivity index (χ0n) is 9.97. The van der Waals surface area contributed by atoms with Crippen LogP contribution in [-0.4, -0.2) is 24.0 Å². The molecule has 0 spiro atoms. The van der Waals surface area contributed by atoms with E-state index in [9.17, 15) is 14.9 Å². The summed E-state index contributed by atoms with van der Waals surface area (Å²) in [5, 5.41) is 10.7. The number of benzene rings is 1. The molecule has 0 aromatic heterocycles. The number of nitrogens with zero attached hydrogens (tertiary/aromatic N) is 1. The van der Waals surface area contributed by atoms with E-state index in [0.717, 1.165) is 9.13 Å².